The Morgan fingerprint density at radius 2 is 1.86 bits per heavy atom. The van der Waals surface area contributed by atoms with Gasteiger partial charge in [0, 0.05) is 42.4 Å². The summed E-state index contributed by atoms with van der Waals surface area (Å²) in [4.78, 5) is 24.3. The van der Waals surface area contributed by atoms with Crippen LogP contribution in [0.5, 0.6) is 0 Å². The van der Waals surface area contributed by atoms with Crippen molar-refractivity contribution in [1.29, 1.82) is 0 Å². The number of benzene rings is 1. The molecule has 0 amide bonds. The van der Waals surface area contributed by atoms with Gasteiger partial charge in [-0.1, -0.05) is 32.0 Å². The number of nitrogens with zero attached hydrogens (tertiary/aromatic N) is 2. The minimum absolute atomic E-state index is 0.0668. The molecule has 0 aliphatic heterocycles. The first-order valence-electron chi connectivity index (χ1n) is 7.30. The van der Waals surface area contributed by atoms with E-state index in [-0.39, 0.29) is 17.3 Å². The Kier molecular flexibility index (Phi) is 3.45. The van der Waals surface area contributed by atoms with Gasteiger partial charge in [-0.2, -0.15) is 0 Å². The maximum atomic E-state index is 12.4. The van der Waals surface area contributed by atoms with Crippen LogP contribution in [0.15, 0.2) is 53.6 Å². The second kappa shape index (κ2) is 5.30. The first-order chi connectivity index (χ1) is 10.5. The largest absolute Gasteiger partial charge is 0.318 e. The Bertz CT molecular complexity index is 916. The lowest BCUT2D eigenvalue weighted by atomic mass is 10.0. The zero-order valence-electron chi connectivity index (χ0n) is 12.9. The molecule has 0 aliphatic rings. The number of aromatic nitrogens is 2. The van der Waals surface area contributed by atoms with Gasteiger partial charge in [-0.3, -0.25) is 9.59 Å². The van der Waals surface area contributed by atoms with E-state index >= 15 is 0 Å². The molecule has 112 valence electrons. The number of rotatable bonds is 3. The normalized spacial score (nSPS) is 11.3. The van der Waals surface area contributed by atoms with Crippen molar-refractivity contribution >= 4 is 16.7 Å². The summed E-state index contributed by atoms with van der Waals surface area (Å²) in [6.45, 7) is 3.79. The van der Waals surface area contributed by atoms with Crippen molar-refractivity contribution in [2.75, 3.05) is 0 Å². The summed E-state index contributed by atoms with van der Waals surface area (Å²) in [5.74, 6) is 0.0432. The Labute approximate surface area is 128 Å². The predicted octanol–water partition coefficient (Wildman–Crippen LogP) is 3.17. The van der Waals surface area contributed by atoms with Crippen LogP contribution in [0.4, 0.5) is 0 Å². The van der Waals surface area contributed by atoms with Gasteiger partial charge in [0.1, 0.15) is 0 Å². The van der Waals surface area contributed by atoms with E-state index in [1.54, 1.807) is 19.3 Å². The number of carbonyl (C=O) groups excluding carboxylic acids is 1. The van der Waals surface area contributed by atoms with Gasteiger partial charge in [0.2, 0.25) is 0 Å². The second-order valence-electron chi connectivity index (χ2n) is 5.78. The van der Waals surface area contributed by atoms with Crippen molar-refractivity contribution in [3.63, 3.8) is 0 Å². The van der Waals surface area contributed by atoms with E-state index in [1.165, 1.54) is 4.57 Å². The molecule has 0 unspecified atom stereocenters. The van der Waals surface area contributed by atoms with Gasteiger partial charge in [0.25, 0.3) is 5.56 Å². The van der Waals surface area contributed by atoms with Crippen molar-refractivity contribution < 1.29 is 4.79 Å². The first-order valence-corrected chi connectivity index (χ1v) is 7.30. The molecule has 0 bridgehead atoms. The third-order valence-electron chi connectivity index (χ3n) is 3.87. The van der Waals surface area contributed by atoms with E-state index in [9.17, 15) is 9.59 Å². The Morgan fingerprint density at radius 1 is 1.14 bits per heavy atom. The lowest BCUT2D eigenvalue weighted by Gasteiger charge is -2.05. The van der Waals surface area contributed by atoms with Gasteiger partial charge in [0.15, 0.2) is 5.78 Å². The Balaban J connectivity index is 2.28. The van der Waals surface area contributed by atoms with Crippen molar-refractivity contribution in [2.24, 2.45) is 13.0 Å². The molecule has 0 N–H and O–H groups in total. The molecule has 0 atom stereocenters. The molecule has 1 aromatic carbocycles. The summed E-state index contributed by atoms with van der Waals surface area (Å²) >= 11 is 0. The van der Waals surface area contributed by atoms with Crippen LogP contribution in [0.2, 0.25) is 0 Å². The molecule has 3 aromatic rings. The highest BCUT2D eigenvalue weighted by molar-refractivity contribution is 6.09. The van der Waals surface area contributed by atoms with Crippen LogP contribution in [0, 0.1) is 5.92 Å². The van der Waals surface area contributed by atoms with Crippen LogP contribution in [-0.2, 0) is 7.05 Å². The second-order valence-corrected chi connectivity index (χ2v) is 5.78. The molecule has 0 aliphatic carbocycles. The molecule has 4 nitrogen and oxygen atoms in total. The van der Waals surface area contributed by atoms with Gasteiger partial charge >= 0.3 is 0 Å². The Morgan fingerprint density at radius 3 is 2.55 bits per heavy atom. The number of para-hydroxylation sites is 1. The number of pyridine rings is 1. The van der Waals surface area contributed by atoms with Crippen molar-refractivity contribution in [1.82, 2.24) is 9.13 Å². The van der Waals surface area contributed by atoms with Gasteiger partial charge in [-0.25, -0.2) is 0 Å². The maximum absolute atomic E-state index is 12.4. The number of carbonyl (C=O) groups is 1. The van der Waals surface area contributed by atoms with E-state index in [4.69, 9.17) is 0 Å². The Hall–Kier alpha value is -2.62. The topological polar surface area (TPSA) is 44.0 Å². The van der Waals surface area contributed by atoms with Crippen LogP contribution in [0.25, 0.3) is 16.6 Å². The smallest absolute Gasteiger partial charge is 0.252 e. The highest BCUT2D eigenvalue weighted by atomic mass is 16.1. The number of fused-ring (bicyclic) bond motifs is 1. The molecule has 0 saturated carbocycles. The van der Waals surface area contributed by atoms with Crippen LogP contribution in [-0.4, -0.2) is 14.9 Å². The molecule has 2 heterocycles. The van der Waals surface area contributed by atoms with Crippen LogP contribution in [0.3, 0.4) is 0 Å². The molecule has 0 saturated heterocycles. The number of hydrogen-bond acceptors (Lipinski definition) is 2. The standard InChI is InChI=1S/C18H18N2O2/c1-12(2)18(22)15-11-20(16-7-5-4-6-14(15)16)13-8-9-19(3)17(21)10-13/h4-12H,1-3H3. The molecular weight excluding hydrogens is 276 g/mol. The summed E-state index contributed by atoms with van der Waals surface area (Å²) in [5.41, 5.74) is 2.32. The van der Waals surface area contributed by atoms with Crippen LogP contribution >= 0.6 is 0 Å². The minimum Gasteiger partial charge on any atom is -0.318 e. The highest BCUT2D eigenvalue weighted by Crippen LogP contribution is 2.26. The molecule has 0 spiro atoms. The van der Waals surface area contributed by atoms with Gasteiger partial charge in [-0.15, -0.1) is 0 Å². The van der Waals surface area contributed by atoms with Crippen LogP contribution in [0.1, 0.15) is 24.2 Å². The summed E-state index contributed by atoms with van der Waals surface area (Å²) in [6.07, 6.45) is 3.57. The van der Waals surface area contributed by atoms with Gasteiger partial charge in [0.05, 0.1) is 11.2 Å². The quantitative estimate of drug-likeness (QED) is 0.696. The minimum atomic E-state index is -0.0768. The van der Waals surface area contributed by atoms with Crippen molar-refractivity contribution in [3.05, 3.63) is 64.7 Å². The number of aryl methyl sites for hydroxylation is 1. The number of ketones is 1. The van der Waals surface area contributed by atoms with Gasteiger partial charge in [-0.05, 0) is 12.1 Å². The molecule has 4 heteroatoms. The van der Waals surface area contributed by atoms with Crippen molar-refractivity contribution in [2.45, 2.75) is 13.8 Å². The van der Waals surface area contributed by atoms with Gasteiger partial charge < -0.3 is 9.13 Å². The SMILES string of the molecule is CC(C)C(=O)c1cn(-c2ccn(C)c(=O)c2)c2ccccc12. The summed E-state index contributed by atoms with van der Waals surface area (Å²) in [7, 11) is 1.72. The van der Waals surface area contributed by atoms with Crippen molar-refractivity contribution in [3.8, 4) is 5.69 Å². The lowest BCUT2D eigenvalue weighted by molar-refractivity contribution is 0.0941. The lowest BCUT2D eigenvalue weighted by Crippen LogP contribution is -2.15. The average Bonchev–Trinajstić information content (AvgIpc) is 2.89. The number of hydrogen-bond donors (Lipinski definition) is 0. The van der Waals surface area contributed by atoms with E-state index in [0.717, 1.165) is 16.6 Å². The monoisotopic (exact) mass is 294 g/mol. The maximum Gasteiger partial charge on any atom is 0.252 e. The zero-order chi connectivity index (χ0) is 15.9. The summed E-state index contributed by atoms with van der Waals surface area (Å²) < 4.78 is 3.43. The van der Waals surface area contributed by atoms with E-state index in [2.05, 4.69) is 0 Å². The molecule has 22 heavy (non-hydrogen) atoms. The van der Waals surface area contributed by atoms with E-state index in [1.807, 2.05) is 54.9 Å². The summed E-state index contributed by atoms with van der Waals surface area (Å²) in [5, 5.41) is 0.918. The summed E-state index contributed by atoms with van der Waals surface area (Å²) in [6, 6.07) is 11.2. The third-order valence-corrected chi connectivity index (χ3v) is 3.87. The molecular formula is C18H18N2O2. The zero-order valence-corrected chi connectivity index (χ0v) is 12.9. The molecule has 3 rings (SSSR count). The average molecular weight is 294 g/mol. The van der Waals surface area contributed by atoms with E-state index in [0.29, 0.717) is 5.56 Å². The number of Topliss-reactive ketones (excluding diaryl/α,β-unsaturated/α-hetero) is 1. The highest BCUT2D eigenvalue weighted by Gasteiger charge is 2.18. The fraction of sp³-hybridized carbons (Fsp3) is 0.222. The van der Waals surface area contributed by atoms with E-state index < -0.39 is 0 Å². The fourth-order valence-electron chi connectivity index (χ4n) is 2.59. The molecule has 2 aromatic heterocycles. The predicted molar refractivity (Wildman–Crippen MR) is 87.7 cm³/mol. The first kappa shape index (κ1) is 14.3. The molecule has 0 radical (unpaired) electrons. The third kappa shape index (κ3) is 2.26. The molecule has 0 fully saturated rings. The fourth-order valence-corrected chi connectivity index (χ4v) is 2.59. The van der Waals surface area contributed by atoms with Crippen LogP contribution < -0.4 is 5.56 Å².